The molecule has 0 radical (unpaired) electrons. The summed E-state index contributed by atoms with van der Waals surface area (Å²) in [6.45, 7) is 5.22. The Balaban J connectivity index is 1.69. The highest BCUT2D eigenvalue weighted by molar-refractivity contribution is 7.19. The molecule has 1 aromatic carbocycles. The fraction of sp³-hybridized carbons (Fsp3) is 0.0455. The maximum atomic E-state index is 14.9. The summed E-state index contributed by atoms with van der Waals surface area (Å²) in [6, 6.07) is 9.70. The normalized spacial score (nSPS) is 10.6. The summed E-state index contributed by atoms with van der Waals surface area (Å²) in [5, 5.41) is 3.31. The van der Waals surface area contributed by atoms with Crippen LogP contribution in [0.4, 0.5) is 15.2 Å². The molecule has 8 nitrogen and oxygen atoms in total. The molecule has 0 bridgehead atoms. The Kier molecular flexibility index (Phi) is 5.86. The first-order valence-corrected chi connectivity index (χ1v) is 10.2. The third kappa shape index (κ3) is 4.44. The summed E-state index contributed by atoms with van der Waals surface area (Å²) >= 11 is 1.30. The van der Waals surface area contributed by atoms with Crippen LogP contribution in [0.5, 0.6) is 11.8 Å². The number of hydrogen-bond acceptors (Lipinski definition) is 8. The van der Waals surface area contributed by atoms with E-state index in [1.165, 1.54) is 42.1 Å². The zero-order chi connectivity index (χ0) is 22.7. The Morgan fingerprint density at radius 1 is 1.22 bits per heavy atom. The minimum absolute atomic E-state index is 0.0260. The topological polar surface area (TPSA) is 116 Å². The summed E-state index contributed by atoms with van der Waals surface area (Å²) in [6.07, 6.45) is 4.05. The van der Waals surface area contributed by atoms with Crippen LogP contribution < -0.4 is 15.8 Å². The van der Waals surface area contributed by atoms with E-state index in [4.69, 9.17) is 10.5 Å². The van der Waals surface area contributed by atoms with E-state index < -0.39 is 5.82 Å². The summed E-state index contributed by atoms with van der Waals surface area (Å²) in [7, 11) is 0. The van der Waals surface area contributed by atoms with Crippen molar-refractivity contribution in [1.82, 2.24) is 19.9 Å². The molecule has 4 rings (SSSR count). The number of carbonyl (C=O) groups is 1. The predicted octanol–water partition coefficient (Wildman–Crippen LogP) is 4.61. The molecule has 0 unspecified atom stereocenters. The summed E-state index contributed by atoms with van der Waals surface area (Å²) in [5.41, 5.74) is 8.27. The zero-order valence-corrected chi connectivity index (χ0v) is 17.7. The molecule has 3 aromatic heterocycles. The van der Waals surface area contributed by atoms with Crippen LogP contribution in [0.2, 0.25) is 0 Å². The number of aromatic nitrogens is 4. The first kappa shape index (κ1) is 21.1. The number of anilines is 2. The SMILES string of the molecule is C=CC(=O)Nc1ccc(-c2ncnc(N)c2-c2ccc(Oc3nccc(C)n3)c(F)c2)s1. The molecule has 0 spiro atoms. The summed E-state index contributed by atoms with van der Waals surface area (Å²) in [4.78, 5) is 28.8. The number of carbonyl (C=O) groups excluding carboxylic acids is 1. The third-order valence-corrected chi connectivity index (χ3v) is 5.35. The standard InChI is InChI=1S/C22H17FN6O2S/c1-3-17(30)29-18-7-6-16(32-18)20-19(21(24)27-11-26-20)13-4-5-15(14(23)10-13)31-22-25-9-8-12(2)28-22/h3-11H,1H2,2H3,(H,29,30)(H2,24,26,27). The Morgan fingerprint density at radius 3 is 2.81 bits per heavy atom. The number of nitrogens with two attached hydrogens (primary N) is 1. The summed E-state index contributed by atoms with van der Waals surface area (Å²) in [5.74, 6) is -0.778. The van der Waals surface area contributed by atoms with Crippen LogP contribution in [0.3, 0.4) is 0 Å². The monoisotopic (exact) mass is 448 g/mol. The van der Waals surface area contributed by atoms with Crippen molar-refractivity contribution in [2.75, 3.05) is 11.1 Å². The average Bonchev–Trinajstić information content (AvgIpc) is 3.23. The van der Waals surface area contributed by atoms with Crippen molar-refractivity contribution in [3.05, 3.63) is 73.1 Å². The molecule has 0 saturated carbocycles. The number of nitrogen functional groups attached to an aromatic ring is 1. The van der Waals surface area contributed by atoms with Gasteiger partial charge in [-0.1, -0.05) is 12.6 Å². The van der Waals surface area contributed by atoms with Crippen LogP contribution >= 0.6 is 11.3 Å². The fourth-order valence-corrected chi connectivity index (χ4v) is 3.80. The number of benzene rings is 1. The third-order valence-electron chi connectivity index (χ3n) is 4.34. The van der Waals surface area contributed by atoms with Gasteiger partial charge in [-0.2, -0.15) is 0 Å². The lowest BCUT2D eigenvalue weighted by molar-refractivity contribution is -0.111. The van der Waals surface area contributed by atoms with E-state index >= 15 is 0 Å². The highest BCUT2D eigenvalue weighted by atomic mass is 32.1. The Bertz CT molecular complexity index is 1320. The van der Waals surface area contributed by atoms with Crippen molar-refractivity contribution in [1.29, 1.82) is 0 Å². The minimum Gasteiger partial charge on any atom is -0.421 e. The maximum Gasteiger partial charge on any atom is 0.322 e. The molecule has 0 aliphatic heterocycles. The number of rotatable bonds is 6. The van der Waals surface area contributed by atoms with E-state index in [0.717, 1.165) is 4.88 Å². The van der Waals surface area contributed by atoms with Crippen LogP contribution in [0, 0.1) is 12.7 Å². The second kappa shape index (κ2) is 8.90. The molecule has 0 saturated heterocycles. The van der Waals surface area contributed by atoms with Crippen molar-refractivity contribution in [3.8, 4) is 33.5 Å². The lowest BCUT2D eigenvalue weighted by Crippen LogP contribution is -2.05. The van der Waals surface area contributed by atoms with Crippen molar-refractivity contribution in [2.45, 2.75) is 6.92 Å². The van der Waals surface area contributed by atoms with Gasteiger partial charge in [0.1, 0.15) is 12.1 Å². The fourth-order valence-electron chi connectivity index (χ4n) is 2.89. The lowest BCUT2D eigenvalue weighted by atomic mass is 10.0. The van der Waals surface area contributed by atoms with Crippen LogP contribution in [0.15, 0.2) is 61.6 Å². The maximum absolute atomic E-state index is 14.9. The van der Waals surface area contributed by atoms with Gasteiger partial charge in [0.15, 0.2) is 11.6 Å². The van der Waals surface area contributed by atoms with Crippen molar-refractivity contribution < 1.29 is 13.9 Å². The van der Waals surface area contributed by atoms with E-state index in [1.807, 2.05) is 0 Å². The summed E-state index contributed by atoms with van der Waals surface area (Å²) < 4.78 is 20.3. The molecular weight excluding hydrogens is 431 g/mol. The van der Waals surface area contributed by atoms with E-state index in [-0.39, 0.29) is 23.5 Å². The molecule has 160 valence electrons. The number of thiophene rings is 1. The number of amides is 1. The Morgan fingerprint density at radius 2 is 2.06 bits per heavy atom. The number of nitrogens with one attached hydrogen (secondary N) is 1. The van der Waals surface area contributed by atoms with Gasteiger partial charge in [0.25, 0.3) is 0 Å². The number of ether oxygens (including phenoxy) is 1. The molecule has 0 atom stereocenters. The number of hydrogen-bond donors (Lipinski definition) is 2. The first-order valence-electron chi connectivity index (χ1n) is 9.36. The largest absolute Gasteiger partial charge is 0.421 e. The van der Waals surface area contributed by atoms with Gasteiger partial charge in [-0.3, -0.25) is 4.79 Å². The van der Waals surface area contributed by atoms with Crippen molar-refractivity contribution in [3.63, 3.8) is 0 Å². The molecule has 4 aromatic rings. The molecule has 1 amide bonds. The van der Waals surface area contributed by atoms with Gasteiger partial charge in [-0.05, 0) is 48.9 Å². The van der Waals surface area contributed by atoms with E-state index in [2.05, 4.69) is 31.8 Å². The van der Waals surface area contributed by atoms with E-state index in [0.29, 0.717) is 27.5 Å². The highest BCUT2D eigenvalue weighted by Crippen LogP contribution is 2.39. The molecule has 3 heterocycles. The van der Waals surface area contributed by atoms with Gasteiger partial charge in [-0.15, -0.1) is 11.3 Å². The molecule has 32 heavy (non-hydrogen) atoms. The zero-order valence-electron chi connectivity index (χ0n) is 16.9. The molecule has 0 fully saturated rings. The number of nitrogens with zero attached hydrogens (tertiary/aromatic N) is 4. The predicted molar refractivity (Wildman–Crippen MR) is 121 cm³/mol. The minimum atomic E-state index is -0.619. The lowest BCUT2D eigenvalue weighted by Gasteiger charge is -2.11. The molecule has 0 aliphatic carbocycles. The van der Waals surface area contributed by atoms with Gasteiger partial charge in [0, 0.05) is 11.9 Å². The molecule has 10 heteroatoms. The van der Waals surface area contributed by atoms with Crippen LogP contribution in [-0.4, -0.2) is 25.8 Å². The quantitative estimate of drug-likeness (QED) is 0.414. The average molecular weight is 448 g/mol. The second-order valence-corrected chi connectivity index (χ2v) is 7.65. The van der Waals surface area contributed by atoms with Crippen LogP contribution in [0.1, 0.15) is 5.69 Å². The van der Waals surface area contributed by atoms with Gasteiger partial charge in [0.05, 0.1) is 21.1 Å². The van der Waals surface area contributed by atoms with Crippen LogP contribution in [0.25, 0.3) is 21.7 Å². The Labute approximate surface area is 186 Å². The van der Waals surface area contributed by atoms with Crippen molar-refractivity contribution in [2.24, 2.45) is 0 Å². The first-order chi connectivity index (χ1) is 15.4. The second-order valence-electron chi connectivity index (χ2n) is 6.57. The highest BCUT2D eigenvalue weighted by Gasteiger charge is 2.18. The molecular formula is C22H17FN6O2S. The van der Waals surface area contributed by atoms with Gasteiger partial charge >= 0.3 is 6.01 Å². The van der Waals surface area contributed by atoms with Gasteiger partial charge < -0.3 is 15.8 Å². The van der Waals surface area contributed by atoms with E-state index in [9.17, 15) is 9.18 Å². The van der Waals surface area contributed by atoms with Crippen LogP contribution in [-0.2, 0) is 4.79 Å². The molecule has 3 N–H and O–H groups in total. The van der Waals surface area contributed by atoms with Crippen molar-refractivity contribution >= 4 is 28.1 Å². The Hall–Kier alpha value is -4.18. The van der Waals surface area contributed by atoms with Gasteiger partial charge in [0.2, 0.25) is 5.91 Å². The number of halogens is 1. The number of aryl methyl sites for hydroxylation is 1. The smallest absolute Gasteiger partial charge is 0.322 e. The van der Waals surface area contributed by atoms with Gasteiger partial charge in [-0.25, -0.2) is 24.3 Å². The van der Waals surface area contributed by atoms with E-state index in [1.54, 1.807) is 31.2 Å². The molecule has 0 aliphatic rings.